The zero-order valence-corrected chi connectivity index (χ0v) is 11.2. The van der Waals surface area contributed by atoms with Crippen LogP contribution in [0.15, 0.2) is 11.5 Å². The molecule has 4 heteroatoms. The zero-order chi connectivity index (χ0) is 12.4. The fourth-order valence-corrected chi connectivity index (χ4v) is 2.07. The molecule has 16 heavy (non-hydrogen) atoms. The van der Waals surface area contributed by atoms with Gasteiger partial charge in [-0.25, -0.2) is 0 Å². The van der Waals surface area contributed by atoms with Crippen molar-refractivity contribution in [3.8, 4) is 0 Å². The lowest BCUT2D eigenvalue weighted by molar-refractivity contribution is 0.445. The summed E-state index contributed by atoms with van der Waals surface area (Å²) in [6, 6.07) is 0. The van der Waals surface area contributed by atoms with Gasteiger partial charge in [0.05, 0.1) is 5.41 Å². The number of rotatable bonds is 9. The predicted molar refractivity (Wildman–Crippen MR) is 67.8 cm³/mol. The minimum Gasteiger partial charge on any atom is -0.282 e. The van der Waals surface area contributed by atoms with E-state index in [1.807, 2.05) is 0 Å². The van der Waals surface area contributed by atoms with Crippen molar-refractivity contribution in [2.45, 2.75) is 58.8 Å². The second-order valence-electron chi connectivity index (χ2n) is 4.25. The fraction of sp³-hybridized carbons (Fsp3) is 0.833. The molecule has 0 fully saturated rings. The van der Waals surface area contributed by atoms with Crippen LogP contribution in [0.25, 0.3) is 0 Å². The summed E-state index contributed by atoms with van der Waals surface area (Å²) in [7, 11) is -3.94. The van der Waals surface area contributed by atoms with Crippen LogP contribution in [0.3, 0.4) is 0 Å². The Morgan fingerprint density at radius 1 is 1.19 bits per heavy atom. The maximum absolute atomic E-state index is 10.5. The van der Waals surface area contributed by atoms with Crippen molar-refractivity contribution in [2.24, 2.45) is 5.92 Å². The number of unbranched alkanes of at least 4 members (excludes halogenated alkanes) is 3. The van der Waals surface area contributed by atoms with Crippen LogP contribution in [0, 0.1) is 5.92 Å². The van der Waals surface area contributed by atoms with Crippen LogP contribution in [0.4, 0.5) is 0 Å². The van der Waals surface area contributed by atoms with Crippen molar-refractivity contribution in [3.05, 3.63) is 11.5 Å². The molecule has 0 aromatic carbocycles. The summed E-state index contributed by atoms with van der Waals surface area (Å²) in [6.45, 7) is 4.30. The lowest BCUT2D eigenvalue weighted by Gasteiger charge is -2.11. The topological polar surface area (TPSA) is 54.4 Å². The fourth-order valence-electron chi connectivity index (χ4n) is 1.72. The van der Waals surface area contributed by atoms with Crippen molar-refractivity contribution in [3.63, 3.8) is 0 Å². The molecular formula is C12H24O3S. The van der Waals surface area contributed by atoms with Gasteiger partial charge in [-0.2, -0.15) is 8.42 Å². The molecule has 0 aromatic heterocycles. The first-order valence-electron chi connectivity index (χ1n) is 6.13. The maximum atomic E-state index is 10.5. The van der Waals surface area contributed by atoms with E-state index in [-0.39, 0.29) is 0 Å². The predicted octanol–water partition coefficient (Wildman–Crippen LogP) is 3.77. The molecule has 0 aliphatic heterocycles. The lowest BCUT2D eigenvalue weighted by Crippen LogP contribution is -1.98. The van der Waals surface area contributed by atoms with Gasteiger partial charge in [0, 0.05) is 0 Å². The smallest absolute Gasteiger partial charge is 0.282 e. The van der Waals surface area contributed by atoms with E-state index in [1.165, 1.54) is 25.7 Å². The Bertz CT molecular complexity index is 281. The highest BCUT2D eigenvalue weighted by Crippen LogP contribution is 2.18. The van der Waals surface area contributed by atoms with Crippen LogP contribution in [-0.2, 0) is 10.1 Å². The minimum atomic E-state index is -3.94. The summed E-state index contributed by atoms with van der Waals surface area (Å²) in [5.74, 6) is 0.537. The Labute approximate surface area is 99.7 Å². The second kappa shape index (κ2) is 8.76. The average Bonchev–Trinajstić information content (AvgIpc) is 2.20. The third-order valence-electron chi connectivity index (χ3n) is 2.78. The average molecular weight is 248 g/mol. The second-order valence-corrected chi connectivity index (χ2v) is 5.55. The van der Waals surface area contributed by atoms with Crippen LogP contribution in [0.1, 0.15) is 58.8 Å². The quantitative estimate of drug-likeness (QED) is 0.499. The standard InChI is InChI=1S/C12H24O3S/c1-3-5-6-7-9-12(4-2)10-8-11-16(13,14)15/h8,11-12H,3-7,9-10H2,1-2H3,(H,13,14,15). The first-order valence-corrected chi connectivity index (χ1v) is 7.64. The molecule has 1 unspecified atom stereocenters. The highest BCUT2D eigenvalue weighted by atomic mass is 32.2. The van der Waals surface area contributed by atoms with E-state index >= 15 is 0 Å². The van der Waals surface area contributed by atoms with Gasteiger partial charge in [-0.15, -0.1) is 0 Å². The van der Waals surface area contributed by atoms with Crippen molar-refractivity contribution < 1.29 is 13.0 Å². The van der Waals surface area contributed by atoms with Gasteiger partial charge < -0.3 is 0 Å². The number of allylic oxidation sites excluding steroid dienone is 1. The molecule has 0 aromatic rings. The van der Waals surface area contributed by atoms with E-state index in [0.29, 0.717) is 5.92 Å². The third-order valence-corrected chi connectivity index (χ3v) is 3.32. The third kappa shape index (κ3) is 10.2. The molecule has 0 spiro atoms. The molecule has 0 saturated carbocycles. The summed E-state index contributed by atoms with van der Waals surface area (Å²) >= 11 is 0. The molecule has 3 nitrogen and oxygen atoms in total. The molecule has 96 valence electrons. The number of hydrogen-bond donors (Lipinski definition) is 1. The lowest BCUT2D eigenvalue weighted by atomic mass is 9.95. The summed E-state index contributed by atoms with van der Waals surface area (Å²) in [5.41, 5.74) is 0. The van der Waals surface area contributed by atoms with E-state index in [9.17, 15) is 8.42 Å². The Hall–Kier alpha value is -0.350. The van der Waals surface area contributed by atoms with Gasteiger partial charge in [0.15, 0.2) is 0 Å². The van der Waals surface area contributed by atoms with Crippen LogP contribution in [0.5, 0.6) is 0 Å². The molecule has 0 radical (unpaired) electrons. The number of hydrogen-bond acceptors (Lipinski definition) is 2. The van der Waals surface area contributed by atoms with E-state index in [2.05, 4.69) is 13.8 Å². The van der Waals surface area contributed by atoms with Gasteiger partial charge in [-0.1, -0.05) is 58.4 Å². The summed E-state index contributed by atoms with van der Waals surface area (Å²) in [6.07, 6.45) is 9.48. The van der Waals surface area contributed by atoms with Crippen molar-refractivity contribution >= 4 is 10.1 Å². The Morgan fingerprint density at radius 2 is 1.88 bits per heavy atom. The van der Waals surface area contributed by atoms with Crippen LogP contribution in [-0.4, -0.2) is 13.0 Å². The van der Waals surface area contributed by atoms with Gasteiger partial charge >= 0.3 is 0 Å². The van der Waals surface area contributed by atoms with Gasteiger partial charge in [0.1, 0.15) is 0 Å². The Balaban J connectivity index is 3.79. The molecule has 0 rings (SSSR count). The van der Waals surface area contributed by atoms with E-state index in [0.717, 1.165) is 24.7 Å². The molecule has 0 aliphatic rings. The van der Waals surface area contributed by atoms with Crippen LogP contribution < -0.4 is 0 Å². The highest BCUT2D eigenvalue weighted by molar-refractivity contribution is 7.88. The van der Waals surface area contributed by atoms with E-state index < -0.39 is 10.1 Å². The van der Waals surface area contributed by atoms with Gasteiger partial charge in [-0.05, 0) is 12.3 Å². The molecule has 0 bridgehead atoms. The first kappa shape index (κ1) is 15.7. The Morgan fingerprint density at radius 3 is 2.38 bits per heavy atom. The zero-order valence-electron chi connectivity index (χ0n) is 10.4. The minimum absolute atomic E-state index is 0.537. The van der Waals surface area contributed by atoms with Crippen molar-refractivity contribution in [1.82, 2.24) is 0 Å². The molecular weight excluding hydrogens is 224 g/mol. The van der Waals surface area contributed by atoms with E-state index in [1.54, 1.807) is 6.08 Å². The van der Waals surface area contributed by atoms with Gasteiger partial charge in [0.2, 0.25) is 0 Å². The van der Waals surface area contributed by atoms with Crippen molar-refractivity contribution in [2.75, 3.05) is 0 Å². The maximum Gasteiger partial charge on any atom is 0.287 e. The van der Waals surface area contributed by atoms with Gasteiger partial charge in [-0.3, -0.25) is 4.55 Å². The van der Waals surface area contributed by atoms with Gasteiger partial charge in [0.25, 0.3) is 10.1 Å². The molecule has 0 saturated heterocycles. The monoisotopic (exact) mass is 248 g/mol. The summed E-state index contributed by atoms with van der Waals surface area (Å²) in [5, 5.41) is 0.891. The molecule has 0 aliphatic carbocycles. The van der Waals surface area contributed by atoms with E-state index in [4.69, 9.17) is 4.55 Å². The SMILES string of the molecule is CCCCCCC(CC)CC=CS(=O)(=O)O. The van der Waals surface area contributed by atoms with Crippen LogP contribution >= 0.6 is 0 Å². The van der Waals surface area contributed by atoms with Crippen LogP contribution in [0.2, 0.25) is 0 Å². The first-order chi connectivity index (χ1) is 7.49. The molecule has 0 heterocycles. The van der Waals surface area contributed by atoms with Crippen molar-refractivity contribution in [1.29, 1.82) is 0 Å². The normalized spacial score (nSPS) is 14.4. The molecule has 0 amide bonds. The molecule has 1 atom stereocenters. The summed E-state index contributed by atoms with van der Waals surface area (Å²) < 4.78 is 29.5. The summed E-state index contributed by atoms with van der Waals surface area (Å²) in [4.78, 5) is 0. The highest BCUT2D eigenvalue weighted by Gasteiger charge is 2.04. The largest absolute Gasteiger partial charge is 0.287 e. The Kier molecular flexibility index (Phi) is 8.57. The molecule has 1 N–H and O–H groups in total.